The van der Waals surface area contributed by atoms with Gasteiger partial charge in [0.05, 0.1) is 12.1 Å². The Morgan fingerprint density at radius 3 is 2.73 bits per heavy atom. The molecular formula is C21H22FN5O3. The number of nitrogens with zero attached hydrogens (tertiary/aromatic N) is 4. The molecule has 0 unspecified atom stereocenters. The van der Waals surface area contributed by atoms with Crippen molar-refractivity contribution in [3.05, 3.63) is 35.9 Å². The number of carbonyl (C=O) groups is 1. The third kappa shape index (κ3) is 3.58. The van der Waals surface area contributed by atoms with Crippen molar-refractivity contribution < 1.29 is 18.7 Å². The zero-order valence-electron chi connectivity index (χ0n) is 17.2. The predicted molar refractivity (Wildman–Crippen MR) is 111 cm³/mol. The maximum Gasteiger partial charge on any atom is 0.415 e. The molecule has 1 aliphatic rings. The predicted octanol–water partition coefficient (Wildman–Crippen LogP) is 3.86. The van der Waals surface area contributed by atoms with Crippen molar-refractivity contribution in [3.63, 3.8) is 0 Å². The quantitative estimate of drug-likeness (QED) is 0.648. The first kappa shape index (κ1) is 19.8. The molecule has 0 spiro atoms. The van der Waals surface area contributed by atoms with Crippen LogP contribution in [0.25, 0.3) is 22.0 Å². The van der Waals surface area contributed by atoms with Crippen molar-refractivity contribution in [2.45, 2.75) is 33.3 Å². The molecule has 3 heterocycles. The molecule has 0 saturated heterocycles. The maximum absolute atomic E-state index is 14.9. The summed E-state index contributed by atoms with van der Waals surface area (Å²) in [5.41, 5.74) is 7.45. The number of benzene rings is 1. The number of carbonyl (C=O) groups excluding carboxylic acids is 1. The largest absolute Gasteiger partial charge is 0.474 e. The van der Waals surface area contributed by atoms with Gasteiger partial charge in [-0.2, -0.15) is 0 Å². The SMILES string of the molecule is Cc1c(-c2cc3nc(N)ncc3cc2F)cnc2c1N(C(=O)OC(C)(C)C)CCO2. The lowest BCUT2D eigenvalue weighted by Gasteiger charge is -2.32. The molecule has 2 N–H and O–H groups in total. The van der Waals surface area contributed by atoms with E-state index in [-0.39, 0.29) is 5.95 Å². The number of fused-ring (bicyclic) bond motifs is 2. The first-order valence-electron chi connectivity index (χ1n) is 9.49. The average Bonchev–Trinajstić information content (AvgIpc) is 2.66. The van der Waals surface area contributed by atoms with Crippen molar-refractivity contribution in [1.29, 1.82) is 0 Å². The number of rotatable bonds is 1. The van der Waals surface area contributed by atoms with Crippen LogP contribution in [-0.4, -0.2) is 39.8 Å². The summed E-state index contributed by atoms with van der Waals surface area (Å²) >= 11 is 0. The Hall–Kier alpha value is -3.49. The molecule has 0 saturated carbocycles. The highest BCUT2D eigenvalue weighted by Gasteiger charge is 2.31. The van der Waals surface area contributed by atoms with Crippen LogP contribution in [0.4, 0.5) is 20.8 Å². The summed E-state index contributed by atoms with van der Waals surface area (Å²) in [6.45, 7) is 7.78. The average molecular weight is 411 g/mol. The van der Waals surface area contributed by atoms with Gasteiger partial charge in [0.1, 0.15) is 23.7 Å². The smallest absolute Gasteiger partial charge is 0.415 e. The van der Waals surface area contributed by atoms with E-state index in [2.05, 4.69) is 15.0 Å². The number of nitrogens with two attached hydrogens (primary N) is 1. The van der Waals surface area contributed by atoms with Crippen molar-refractivity contribution in [3.8, 4) is 17.0 Å². The number of pyridine rings is 1. The van der Waals surface area contributed by atoms with E-state index in [0.29, 0.717) is 52.3 Å². The summed E-state index contributed by atoms with van der Waals surface area (Å²) in [7, 11) is 0. The molecule has 2 aromatic heterocycles. The second kappa shape index (κ2) is 7.08. The molecule has 0 radical (unpaired) electrons. The Morgan fingerprint density at radius 1 is 1.23 bits per heavy atom. The highest BCUT2D eigenvalue weighted by Crippen LogP contribution is 2.40. The normalized spacial score (nSPS) is 13.7. The number of ether oxygens (including phenoxy) is 2. The molecule has 156 valence electrons. The van der Waals surface area contributed by atoms with Crippen LogP contribution in [0, 0.1) is 12.7 Å². The van der Waals surface area contributed by atoms with Gasteiger partial charge in [-0.15, -0.1) is 0 Å². The fourth-order valence-corrected chi connectivity index (χ4v) is 3.38. The van der Waals surface area contributed by atoms with E-state index in [1.165, 1.54) is 23.4 Å². The van der Waals surface area contributed by atoms with Gasteiger partial charge in [0.25, 0.3) is 0 Å². The van der Waals surface area contributed by atoms with Gasteiger partial charge in [0.15, 0.2) is 0 Å². The van der Waals surface area contributed by atoms with Crippen molar-refractivity contribution >= 4 is 28.6 Å². The van der Waals surface area contributed by atoms with E-state index < -0.39 is 17.5 Å². The first-order valence-corrected chi connectivity index (χ1v) is 9.49. The number of halogens is 1. The Labute approximate surface area is 172 Å². The highest BCUT2D eigenvalue weighted by molar-refractivity contribution is 5.94. The number of nitrogen functional groups attached to an aromatic ring is 1. The van der Waals surface area contributed by atoms with Gasteiger partial charge in [0.2, 0.25) is 11.8 Å². The third-order valence-electron chi connectivity index (χ3n) is 4.69. The molecule has 0 fully saturated rings. The molecule has 3 aromatic rings. The van der Waals surface area contributed by atoms with Crippen LogP contribution >= 0.6 is 0 Å². The molecule has 9 heteroatoms. The number of hydrogen-bond donors (Lipinski definition) is 1. The minimum absolute atomic E-state index is 0.102. The molecule has 0 aliphatic carbocycles. The molecule has 1 amide bonds. The third-order valence-corrected chi connectivity index (χ3v) is 4.69. The standard InChI is InChI=1S/C21H22FN5O3/c1-11-14(13-8-16-12(7-15(13)22)9-25-19(23)26-16)10-24-18-17(11)27(5-6-29-18)20(28)30-21(2,3)4/h7-10H,5-6H2,1-4H3,(H2,23,25,26). The Bertz CT molecular complexity index is 1160. The monoisotopic (exact) mass is 411 g/mol. The van der Waals surface area contributed by atoms with Gasteiger partial charge < -0.3 is 15.2 Å². The lowest BCUT2D eigenvalue weighted by Crippen LogP contribution is -2.42. The minimum atomic E-state index is -0.654. The van der Waals surface area contributed by atoms with Crippen LogP contribution in [0.3, 0.4) is 0 Å². The summed E-state index contributed by atoms with van der Waals surface area (Å²) in [6, 6.07) is 2.95. The van der Waals surface area contributed by atoms with Crippen LogP contribution in [0.15, 0.2) is 24.5 Å². The molecule has 8 nitrogen and oxygen atoms in total. The zero-order chi connectivity index (χ0) is 21.6. The molecule has 4 rings (SSSR count). The number of aromatic nitrogens is 3. The van der Waals surface area contributed by atoms with E-state index in [0.717, 1.165) is 0 Å². The Kier molecular flexibility index (Phi) is 4.68. The fraction of sp³-hybridized carbons (Fsp3) is 0.333. The lowest BCUT2D eigenvalue weighted by molar-refractivity contribution is 0.0566. The summed E-state index contributed by atoms with van der Waals surface area (Å²) in [5, 5.41) is 0.535. The Morgan fingerprint density at radius 2 is 2.00 bits per heavy atom. The van der Waals surface area contributed by atoms with Crippen LogP contribution in [0.1, 0.15) is 26.3 Å². The second-order valence-corrected chi connectivity index (χ2v) is 8.05. The van der Waals surface area contributed by atoms with Crippen LogP contribution in [0.2, 0.25) is 0 Å². The minimum Gasteiger partial charge on any atom is -0.474 e. The van der Waals surface area contributed by atoms with E-state index in [9.17, 15) is 9.18 Å². The maximum atomic E-state index is 14.9. The van der Waals surface area contributed by atoms with E-state index in [1.807, 2.05) is 0 Å². The van der Waals surface area contributed by atoms with Gasteiger partial charge in [0, 0.05) is 28.9 Å². The summed E-state index contributed by atoms with van der Waals surface area (Å²) in [6.07, 6.45) is 2.50. The number of hydrogen-bond acceptors (Lipinski definition) is 7. The Balaban J connectivity index is 1.84. The highest BCUT2D eigenvalue weighted by atomic mass is 19.1. The second-order valence-electron chi connectivity index (χ2n) is 8.05. The van der Waals surface area contributed by atoms with Gasteiger partial charge in [-0.25, -0.2) is 24.1 Å². The van der Waals surface area contributed by atoms with Crippen molar-refractivity contribution in [1.82, 2.24) is 15.0 Å². The first-order chi connectivity index (χ1) is 14.1. The number of amides is 1. The van der Waals surface area contributed by atoms with Gasteiger partial charge in [-0.3, -0.25) is 4.90 Å². The van der Waals surface area contributed by atoms with Crippen molar-refractivity contribution in [2.24, 2.45) is 0 Å². The fourth-order valence-electron chi connectivity index (χ4n) is 3.38. The molecule has 1 aliphatic heterocycles. The van der Waals surface area contributed by atoms with E-state index in [1.54, 1.807) is 33.8 Å². The molecule has 30 heavy (non-hydrogen) atoms. The van der Waals surface area contributed by atoms with Gasteiger partial charge >= 0.3 is 6.09 Å². The summed E-state index contributed by atoms with van der Waals surface area (Å²) in [5.74, 6) is -0.0489. The van der Waals surface area contributed by atoms with Crippen LogP contribution in [0.5, 0.6) is 5.88 Å². The lowest BCUT2D eigenvalue weighted by atomic mass is 9.99. The van der Waals surface area contributed by atoms with Crippen LogP contribution in [-0.2, 0) is 4.74 Å². The molecule has 0 bridgehead atoms. The van der Waals surface area contributed by atoms with Crippen LogP contribution < -0.4 is 15.4 Å². The molecule has 1 aromatic carbocycles. The van der Waals surface area contributed by atoms with Crippen molar-refractivity contribution in [2.75, 3.05) is 23.8 Å². The zero-order valence-corrected chi connectivity index (χ0v) is 17.2. The van der Waals surface area contributed by atoms with E-state index >= 15 is 0 Å². The molecular weight excluding hydrogens is 389 g/mol. The van der Waals surface area contributed by atoms with Gasteiger partial charge in [-0.05, 0) is 45.4 Å². The van der Waals surface area contributed by atoms with E-state index in [4.69, 9.17) is 15.2 Å². The molecule has 0 atom stereocenters. The van der Waals surface area contributed by atoms with Gasteiger partial charge in [-0.1, -0.05) is 0 Å². The number of anilines is 2. The topological polar surface area (TPSA) is 103 Å². The summed E-state index contributed by atoms with van der Waals surface area (Å²) < 4.78 is 26.1. The summed E-state index contributed by atoms with van der Waals surface area (Å²) in [4.78, 5) is 26.7.